The molecular weight excluding hydrogens is 292 g/mol. The van der Waals surface area contributed by atoms with Gasteiger partial charge in [0.25, 0.3) is 5.91 Å². The van der Waals surface area contributed by atoms with Crippen molar-refractivity contribution in [2.24, 2.45) is 0 Å². The molecule has 0 spiro atoms. The number of ether oxygens (including phenoxy) is 1. The molecule has 0 aliphatic carbocycles. The zero-order valence-corrected chi connectivity index (χ0v) is 13.1. The van der Waals surface area contributed by atoms with E-state index in [4.69, 9.17) is 4.74 Å². The molecule has 2 aromatic carbocycles. The molecular formula is C18H18N2O3. The highest BCUT2D eigenvalue weighted by Gasteiger charge is 2.22. The highest BCUT2D eigenvalue weighted by Crippen LogP contribution is 2.32. The minimum atomic E-state index is -0.0981. The molecule has 0 atom stereocenters. The number of benzene rings is 2. The molecule has 23 heavy (non-hydrogen) atoms. The Hall–Kier alpha value is -2.82. The molecule has 0 radical (unpaired) electrons. The highest BCUT2D eigenvalue weighted by atomic mass is 16.5. The van der Waals surface area contributed by atoms with Crippen molar-refractivity contribution < 1.29 is 14.3 Å². The van der Waals surface area contributed by atoms with Gasteiger partial charge in [0.2, 0.25) is 5.91 Å². The van der Waals surface area contributed by atoms with Crippen molar-refractivity contribution in [3.05, 3.63) is 53.6 Å². The Morgan fingerprint density at radius 2 is 2.04 bits per heavy atom. The summed E-state index contributed by atoms with van der Waals surface area (Å²) >= 11 is 0. The Balaban J connectivity index is 1.75. The van der Waals surface area contributed by atoms with E-state index >= 15 is 0 Å². The van der Waals surface area contributed by atoms with Gasteiger partial charge >= 0.3 is 0 Å². The van der Waals surface area contributed by atoms with Gasteiger partial charge in [0.15, 0.2) is 6.61 Å². The molecule has 1 aliphatic rings. The van der Waals surface area contributed by atoms with Gasteiger partial charge in [-0.25, -0.2) is 0 Å². The van der Waals surface area contributed by atoms with Crippen LogP contribution in [0.2, 0.25) is 0 Å². The lowest BCUT2D eigenvalue weighted by atomic mass is 10.1. The van der Waals surface area contributed by atoms with E-state index in [2.05, 4.69) is 5.32 Å². The number of para-hydroxylation sites is 1. The minimum Gasteiger partial charge on any atom is -0.482 e. The molecule has 5 heteroatoms. The maximum absolute atomic E-state index is 12.2. The third-order valence-corrected chi connectivity index (χ3v) is 3.89. The summed E-state index contributed by atoms with van der Waals surface area (Å²) in [7, 11) is 1.71. The van der Waals surface area contributed by atoms with Crippen LogP contribution in [0.25, 0.3) is 0 Å². The van der Waals surface area contributed by atoms with E-state index in [0.29, 0.717) is 11.4 Å². The Morgan fingerprint density at radius 3 is 2.83 bits per heavy atom. The highest BCUT2D eigenvalue weighted by molar-refractivity contribution is 5.98. The van der Waals surface area contributed by atoms with Crippen LogP contribution < -0.4 is 15.0 Å². The molecule has 0 saturated heterocycles. The normalized spacial score (nSPS) is 13.3. The number of aryl methyl sites for hydroxylation is 1. The number of hydrogen-bond donors (Lipinski definition) is 1. The smallest absolute Gasteiger partial charge is 0.264 e. The average molecular weight is 310 g/mol. The first kappa shape index (κ1) is 15.1. The quantitative estimate of drug-likeness (QED) is 0.948. The van der Waals surface area contributed by atoms with Gasteiger partial charge in [0, 0.05) is 12.7 Å². The molecule has 0 aromatic heterocycles. The third-order valence-electron chi connectivity index (χ3n) is 3.89. The summed E-state index contributed by atoms with van der Waals surface area (Å²) in [4.78, 5) is 25.5. The molecule has 1 heterocycles. The summed E-state index contributed by atoms with van der Waals surface area (Å²) in [5, 5.41) is 2.91. The van der Waals surface area contributed by atoms with E-state index in [1.807, 2.05) is 43.3 Å². The molecule has 3 rings (SSSR count). The predicted molar refractivity (Wildman–Crippen MR) is 88.9 cm³/mol. The van der Waals surface area contributed by atoms with Crippen molar-refractivity contribution in [2.45, 2.75) is 13.3 Å². The van der Waals surface area contributed by atoms with Crippen LogP contribution in [0, 0.1) is 6.92 Å². The number of fused-ring (bicyclic) bond motifs is 1. The summed E-state index contributed by atoms with van der Waals surface area (Å²) in [6.07, 6.45) is 0.240. The largest absolute Gasteiger partial charge is 0.482 e. The number of carbonyl (C=O) groups excluding carboxylic acids is 2. The first-order chi connectivity index (χ1) is 11.0. The zero-order chi connectivity index (χ0) is 16.4. The van der Waals surface area contributed by atoms with Crippen molar-refractivity contribution in [3.8, 4) is 5.75 Å². The van der Waals surface area contributed by atoms with Crippen LogP contribution in [0.3, 0.4) is 0 Å². The molecule has 1 aliphatic heterocycles. The van der Waals surface area contributed by atoms with Crippen LogP contribution in [0.4, 0.5) is 11.4 Å². The van der Waals surface area contributed by atoms with Crippen LogP contribution in [-0.4, -0.2) is 25.5 Å². The second-order valence-electron chi connectivity index (χ2n) is 5.58. The zero-order valence-electron chi connectivity index (χ0n) is 13.1. The van der Waals surface area contributed by atoms with Crippen LogP contribution in [-0.2, 0) is 16.0 Å². The first-order valence-electron chi connectivity index (χ1n) is 7.42. The Labute approximate surface area is 134 Å². The summed E-state index contributed by atoms with van der Waals surface area (Å²) in [6.45, 7) is 2.00. The fraction of sp³-hybridized carbons (Fsp3) is 0.222. The van der Waals surface area contributed by atoms with E-state index in [9.17, 15) is 9.59 Å². The number of anilines is 2. The van der Waals surface area contributed by atoms with Crippen molar-refractivity contribution in [3.63, 3.8) is 0 Å². The number of rotatable bonds is 3. The number of carbonyl (C=O) groups is 2. The summed E-state index contributed by atoms with van der Waals surface area (Å²) in [5.41, 5.74) is 3.36. The van der Waals surface area contributed by atoms with Crippen LogP contribution >= 0.6 is 0 Å². The lowest BCUT2D eigenvalue weighted by Crippen LogP contribution is -2.35. The molecule has 0 saturated carbocycles. The molecule has 0 bridgehead atoms. The third kappa shape index (κ3) is 3.18. The molecule has 0 unspecified atom stereocenters. The number of likely N-dealkylation sites (N-methyl/N-ethyl adjacent to an activating group) is 1. The van der Waals surface area contributed by atoms with Gasteiger partial charge in [-0.1, -0.05) is 24.3 Å². The SMILES string of the molecule is Cc1ccccc1NC(=O)Cc1ccc2c(c1)N(C)C(=O)CO2. The molecule has 1 N–H and O–H groups in total. The van der Waals surface area contributed by atoms with E-state index in [1.165, 1.54) is 0 Å². The fourth-order valence-electron chi connectivity index (χ4n) is 2.52. The van der Waals surface area contributed by atoms with Crippen molar-refractivity contribution >= 4 is 23.2 Å². The number of nitrogens with zero attached hydrogens (tertiary/aromatic N) is 1. The van der Waals surface area contributed by atoms with Crippen LogP contribution in [0.15, 0.2) is 42.5 Å². The number of amides is 2. The first-order valence-corrected chi connectivity index (χ1v) is 7.42. The Kier molecular flexibility index (Phi) is 4.02. The van der Waals surface area contributed by atoms with Gasteiger partial charge in [-0.2, -0.15) is 0 Å². The Morgan fingerprint density at radius 1 is 1.26 bits per heavy atom. The lowest BCUT2D eigenvalue weighted by Gasteiger charge is -2.26. The molecule has 118 valence electrons. The predicted octanol–water partition coefficient (Wildman–Crippen LogP) is 2.53. The van der Waals surface area contributed by atoms with Gasteiger partial charge in [-0.3, -0.25) is 9.59 Å². The van der Waals surface area contributed by atoms with Gasteiger partial charge in [-0.15, -0.1) is 0 Å². The monoisotopic (exact) mass is 310 g/mol. The topological polar surface area (TPSA) is 58.6 Å². The van der Waals surface area contributed by atoms with E-state index < -0.39 is 0 Å². The van der Waals surface area contributed by atoms with E-state index in [-0.39, 0.29) is 24.8 Å². The van der Waals surface area contributed by atoms with Crippen LogP contribution in [0.1, 0.15) is 11.1 Å². The fourth-order valence-corrected chi connectivity index (χ4v) is 2.52. The molecule has 2 aromatic rings. The lowest BCUT2D eigenvalue weighted by molar-refractivity contribution is -0.121. The van der Waals surface area contributed by atoms with Crippen molar-refractivity contribution in [1.82, 2.24) is 0 Å². The number of hydrogen-bond acceptors (Lipinski definition) is 3. The van der Waals surface area contributed by atoms with Crippen molar-refractivity contribution in [2.75, 3.05) is 23.9 Å². The maximum Gasteiger partial charge on any atom is 0.264 e. The maximum atomic E-state index is 12.2. The van der Waals surface area contributed by atoms with Gasteiger partial charge < -0.3 is 15.0 Å². The Bertz CT molecular complexity index is 771. The van der Waals surface area contributed by atoms with E-state index in [0.717, 1.165) is 16.8 Å². The molecule has 0 fully saturated rings. The van der Waals surface area contributed by atoms with Crippen LogP contribution in [0.5, 0.6) is 5.75 Å². The van der Waals surface area contributed by atoms with Gasteiger partial charge in [-0.05, 0) is 36.2 Å². The summed E-state index contributed by atoms with van der Waals surface area (Å²) in [5.74, 6) is 0.471. The molecule has 2 amide bonds. The second kappa shape index (κ2) is 6.12. The van der Waals surface area contributed by atoms with E-state index in [1.54, 1.807) is 18.0 Å². The van der Waals surface area contributed by atoms with Crippen molar-refractivity contribution in [1.29, 1.82) is 0 Å². The molecule has 5 nitrogen and oxygen atoms in total. The number of nitrogens with one attached hydrogen (secondary N) is 1. The summed E-state index contributed by atoms with van der Waals surface area (Å²) < 4.78 is 5.39. The minimum absolute atomic E-state index is 0.0522. The van der Waals surface area contributed by atoms with Gasteiger partial charge in [0.1, 0.15) is 5.75 Å². The average Bonchev–Trinajstić information content (AvgIpc) is 2.54. The second-order valence-corrected chi connectivity index (χ2v) is 5.58. The van der Waals surface area contributed by atoms with Gasteiger partial charge in [0.05, 0.1) is 12.1 Å². The standard InChI is InChI=1S/C18H18N2O3/c1-12-5-3-4-6-14(12)19-17(21)10-13-7-8-16-15(9-13)20(2)18(22)11-23-16/h3-9H,10-11H2,1-2H3,(H,19,21). The summed E-state index contributed by atoms with van der Waals surface area (Å²) in [6, 6.07) is 13.1.